The Kier molecular flexibility index (Phi) is 6.80. The van der Waals surface area contributed by atoms with Crippen LogP contribution in [-0.2, 0) is 4.79 Å². The van der Waals surface area contributed by atoms with E-state index in [1.54, 1.807) is 0 Å². The molecule has 0 spiro atoms. The number of aldehydes is 1. The highest BCUT2D eigenvalue weighted by molar-refractivity contribution is 5.53. The van der Waals surface area contributed by atoms with Gasteiger partial charge in [-0.05, 0) is 0 Å². The van der Waals surface area contributed by atoms with Gasteiger partial charge in [0.05, 0.1) is 0 Å². The highest BCUT2D eigenvalue weighted by Gasteiger charge is 1.91. The molecule has 0 aliphatic carbocycles. The van der Waals surface area contributed by atoms with Crippen LogP contribution in [0.1, 0.15) is 0 Å². The molecule has 0 saturated carbocycles. The lowest BCUT2D eigenvalue weighted by Gasteiger charge is -1.70. The maximum atomic E-state index is 10.4. The molecule has 0 saturated heterocycles. The molecule has 38 valence electrons. The van der Waals surface area contributed by atoms with Crippen molar-refractivity contribution in [3.63, 3.8) is 0 Å². The van der Waals surface area contributed by atoms with Crippen LogP contribution in [0.5, 0.6) is 0 Å². The molecule has 4 heteroatoms. The normalized spacial score (nSPS) is 7.17. The summed E-state index contributed by atoms with van der Waals surface area (Å²) in [5, 5.41) is 0. The van der Waals surface area contributed by atoms with Crippen LogP contribution in [0, 0.1) is 0 Å². The summed E-state index contributed by atoms with van der Waals surface area (Å²) >= 11 is 0. The number of alkyl halides is 2. The van der Waals surface area contributed by atoms with E-state index >= 15 is 0 Å². The third kappa shape index (κ3) is 9.75. The van der Waals surface area contributed by atoms with Gasteiger partial charge in [0.2, 0.25) is 0 Å². The molecular weight excluding hydrogens is 94.0 g/mol. The van der Waals surface area contributed by atoms with Crippen molar-refractivity contribution >= 4 is 6.29 Å². The molecule has 0 amide bonds. The summed E-state index contributed by atoms with van der Waals surface area (Å²) in [6.45, 7) is 0. The van der Waals surface area contributed by atoms with Crippen LogP contribution in [0.25, 0.3) is 0 Å². The van der Waals surface area contributed by atoms with Gasteiger partial charge in [0.15, 0.2) is 6.29 Å². The van der Waals surface area contributed by atoms with Crippen molar-refractivity contribution in [2.75, 3.05) is 0 Å². The Bertz CT molecular complexity index is 36.5. The molecule has 2 nitrogen and oxygen atoms in total. The predicted molar refractivity (Wildman–Crippen MR) is 15.7 cm³/mol. The number of hydrogen-bond donors (Lipinski definition) is 0. The number of rotatable bonds is 1. The lowest BCUT2D eigenvalue weighted by atomic mass is 10.8. The monoisotopic (exact) mass is 98.0 g/mol. The van der Waals surface area contributed by atoms with Crippen LogP contribution in [0.2, 0.25) is 0 Å². The van der Waals surface area contributed by atoms with Gasteiger partial charge in [-0.1, -0.05) is 0 Å². The quantitative estimate of drug-likeness (QED) is 0.412. The van der Waals surface area contributed by atoms with E-state index in [0.717, 1.165) is 0 Å². The first-order valence-electron chi connectivity index (χ1n) is 1.01. The summed E-state index contributed by atoms with van der Waals surface area (Å²) < 4.78 is 20.8. The van der Waals surface area contributed by atoms with E-state index in [2.05, 4.69) is 0 Å². The standard InChI is InChI=1S/C2H2F2O.H2O/c3-2(4)1-5;/h1-2H;1H2. The molecule has 0 bridgehead atoms. The fraction of sp³-hybridized carbons (Fsp3) is 0.500. The topological polar surface area (TPSA) is 48.6 Å². The molecule has 0 rings (SSSR count). The van der Waals surface area contributed by atoms with Crippen LogP contribution in [0.4, 0.5) is 8.78 Å². The van der Waals surface area contributed by atoms with Crippen LogP contribution in [0.15, 0.2) is 0 Å². The Balaban J connectivity index is 0. The van der Waals surface area contributed by atoms with Crippen molar-refractivity contribution in [3.8, 4) is 0 Å². The van der Waals surface area contributed by atoms with E-state index in [1.807, 2.05) is 0 Å². The summed E-state index contributed by atoms with van der Waals surface area (Å²) in [6, 6.07) is 0. The Morgan fingerprint density at radius 1 is 1.50 bits per heavy atom. The zero-order chi connectivity index (χ0) is 4.28. The highest BCUT2D eigenvalue weighted by atomic mass is 19.3. The number of carbonyl (C=O) groups excluding carboxylic acids is 1. The molecular formula is C2H4F2O2. The predicted octanol–water partition coefficient (Wildman–Crippen LogP) is -0.374. The van der Waals surface area contributed by atoms with Crippen LogP contribution in [-0.4, -0.2) is 18.2 Å². The summed E-state index contributed by atoms with van der Waals surface area (Å²) in [4.78, 5) is 8.75. The zero-order valence-electron chi connectivity index (χ0n) is 2.82. The molecule has 0 aliphatic rings. The Morgan fingerprint density at radius 2 is 1.67 bits per heavy atom. The summed E-state index contributed by atoms with van der Waals surface area (Å²) in [5.74, 6) is 0. The van der Waals surface area contributed by atoms with Gasteiger partial charge >= 0.3 is 0 Å². The minimum Gasteiger partial charge on any atom is -0.412 e. The van der Waals surface area contributed by atoms with Gasteiger partial charge < -0.3 is 5.48 Å². The molecule has 0 radical (unpaired) electrons. The van der Waals surface area contributed by atoms with Crippen molar-refractivity contribution in [1.82, 2.24) is 0 Å². The Morgan fingerprint density at radius 3 is 1.67 bits per heavy atom. The van der Waals surface area contributed by atoms with Gasteiger partial charge in [0, 0.05) is 0 Å². The van der Waals surface area contributed by atoms with Crippen molar-refractivity contribution in [2.45, 2.75) is 6.43 Å². The fourth-order valence-electron chi connectivity index (χ4n) is 0. The maximum Gasteiger partial charge on any atom is 0.293 e. The van der Waals surface area contributed by atoms with E-state index in [-0.39, 0.29) is 5.48 Å². The molecule has 2 N–H and O–H groups in total. The molecule has 0 heterocycles. The van der Waals surface area contributed by atoms with E-state index in [0.29, 0.717) is 0 Å². The number of halogens is 2. The largest absolute Gasteiger partial charge is 0.412 e. The Labute approximate surface area is 33.1 Å². The first-order chi connectivity index (χ1) is 2.27. The van der Waals surface area contributed by atoms with Gasteiger partial charge in [-0.2, -0.15) is 0 Å². The highest BCUT2D eigenvalue weighted by Crippen LogP contribution is 1.80. The van der Waals surface area contributed by atoms with Gasteiger partial charge in [-0.25, -0.2) is 8.78 Å². The molecule has 0 aromatic rings. The van der Waals surface area contributed by atoms with Crippen molar-refractivity contribution < 1.29 is 19.1 Å². The SMILES string of the molecule is O.O=CC(F)F. The van der Waals surface area contributed by atoms with Crippen molar-refractivity contribution in [2.24, 2.45) is 0 Å². The lowest BCUT2D eigenvalue weighted by Crippen LogP contribution is -1.86. The van der Waals surface area contributed by atoms with Gasteiger partial charge in [-0.3, -0.25) is 4.79 Å². The smallest absolute Gasteiger partial charge is 0.293 e. The minimum atomic E-state index is -2.80. The zero-order valence-corrected chi connectivity index (χ0v) is 2.82. The second-order valence-corrected chi connectivity index (χ2v) is 0.471. The molecule has 6 heavy (non-hydrogen) atoms. The fourth-order valence-corrected chi connectivity index (χ4v) is 0. The summed E-state index contributed by atoms with van der Waals surface area (Å²) in [6.07, 6.45) is -3.21. The molecule has 0 aliphatic heterocycles. The molecule has 0 unspecified atom stereocenters. The lowest BCUT2D eigenvalue weighted by molar-refractivity contribution is -0.116. The van der Waals surface area contributed by atoms with Gasteiger partial charge in [0.25, 0.3) is 6.43 Å². The van der Waals surface area contributed by atoms with Gasteiger partial charge in [0.1, 0.15) is 0 Å². The summed E-state index contributed by atoms with van der Waals surface area (Å²) in [7, 11) is 0. The van der Waals surface area contributed by atoms with E-state index in [9.17, 15) is 8.78 Å². The number of carbonyl (C=O) groups is 1. The number of hydrogen-bond acceptors (Lipinski definition) is 1. The molecule has 0 atom stereocenters. The van der Waals surface area contributed by atoms with E-state index < -0.39 is 12.7 Å². The van der Waals surface area contributed by atoms with Crippen LogP contribution >= 0.6 is 0 Å². The average Bonchev–Trinajstić information content (AvgIpc) is 1.38. The van der Waals surface area contributed by atoms with E-state index in [4.69, 9.17) is 4.79 Å². The molecule has 0 aromatic heterocycles. The second-order valence-electron chi connectivity index (χ2n) is 0.471. The van der Waals surface area contributed by atoms with Crippen LogP contribution in [0.3, 0.4) is 0 Å². The minimum absolute atomic E-state index is 0. The first-order valence-corrected chi connectivity index (χ1v) is 1.01. The third-order valence-electron chi connectivity index (χ3n) is 0.103. The van der Waals surface area contributed by atoms with Crippen LogP contribution < -0.4 is 0 Å². The second kappa shape index (κ2) is 4.49. The average molecular weight is 98.0 g/mol. The van der Waals surface area contributed by atoms with E-state index in [1.165, 1.54) is 0 Å². The van der Waals surface area contributed by atoms with Crippen molar-refractivity contribution in [1.29, 1.82) is 0 Å². The molecule has 0 fully saturated rings. The van der Waals surface area contributed by atoms with Crippen molar-refractivity contribution in [3.05, 3.63) is 0 Å². The first kappa shape index (κ1) is 9.09. The Hall–Kier alpha value is -0.510. The third-order valence-corrected chi connectivity index (χ3v) is 0.103. The summed E-state index contributed by atoms with van der Waals surface area (Å²) in [5.41, 5.74) is 0. The maximum absolute atomic E-state index is 10.4. The van der Waals surface area contributed by atoms with Gasteiger partial charge in [-0.15, -0.1) is 0 Å². The molecule has 0 aromatic carbocycles.